The van der Waals surface area contributed by atoms with Gasteiger partial charge in [0, 0.05) is 26.1 Å². The lowest BCUT2D eigenvalue weighted by atomic mass is 9.95. The SMILES string of the molecule is COCCN(C(=O)CC1CCCNC1)C(C)C1CC1. The average molecular weight is 268 g/mol. The summed E-state index contributed by atoms with van der Waals surface area (Å²) < 4.78 is 5.16. The van der Waals surface area contributed by atoms with Crippen molar-refractivity contribution >= 4 is 5.91 Å². The highest BCUT2D eigenvalue weighted by molar-refractivity contribution is 5.77. The Morgan fingerprint density at radius 2 is 2.21 bits per heavy atom. The summed E-state index contributed by atoms with van der Waals surface area (Å²) in [6.45, 7) is 5.70. The van der Waals surface area contributed by atoms with Gasteiger partial charge in [-0.1, -0.05) is 0 Å². The normalized spacial score (nSPS) is 25.1. The molecule has 4 heteroatoms. The van der Waals surface area contributed by atoms with E-state index in [9.17, 15) is 4.79 Å². The average Bonchev–Trinajstić information content (AvgIpc) is 3.24. The van der Waals surface area contributed by atoms with Crippen LogP contribution in [-0.2, 0) is 9.53 Å². The molecule has 1 heterocycles. The zero-order valence-corrected chi connectivity index (χ0v) is 12.4. The molecule has 0 spiro atoms. The zero-order valence-electron chi connectivity index (χ0n) is 12.4. The fourth-order valence-electron chi connectivity index (χ4n) is 3.04. The summed E-state index contributed by atoms with van der Waals surface area (Å²) in [5, 5.41) is 3.39. The third-order valence-corrected chi connectivity index (χ3v) is 4.51. The van der Waals surface area contributed by atoms with Gasteiger partial charge in [0.15, 0.2) is 0 Å². The molecule has 2 atom stereocenters. The second kappa shape index (κ2) is 7.25. The van der Waals surface area contributed by atoms with Crippen molar-refractivity contribution in [2.45, 2.75) is 45.1 Å². The number of methoxy groups -OCH3 is 1. The summed E-state index contributed by atoms with van der Waals surface area (Å²) in [7, 11) is 1.70. The van der Waals surface area contributed by atoms with Crippen LogP contribution in [0.2, 0.25) is 0 Å². The smallest absolute Gasteiger partial charge is 0.223 e. The fraction of sp³-hybridized carbons (Fsp3) is 0.933. The van der Waals surface area contributed by atoms with E-state index in [4.69, 9.17) is 4.74 Å². The van der Waals surface area contributed by atoms with Gasteiger partial charge in [0.2, 0.25) is 5.91 Å². The highest BCUT2D eigenvalue weighted by Crippen LogP contribution is 2.35. The van der Waals surface area contributed by atoms with Gasteiger partial charge in [0.25, 0.3) is 0 Å². The van der Waals surface area contributed by atoms with Crippen molar-refractivity contribution in [1.82, 2.24) is 10.2 Å². The molecule has 1 aliphatic carbocycles. The van der Waals surface area contributed by atoms with Gasteiger partial charge in [0.05, 0.1) is 6.61 Å². The molecule has 2 fully saturated rings. The van der Waals surface area contributed by atoms with E-state index in [2.05, 4.69) is 17.1 Å². The van der Waals surface area contributed by atoms with Crippen LogP contribution in [0, 0.1) is 11.8 Å². The molecule has 2 unspecified atom stereocenters. The fourth-order valence-corrected chi connectivity index (χ4v) is 3.04. The summed E-state index contributed by atoms with van der Waals surface area (Å²) in [6, 6.07) is 0.388. The number of ether oxygens (including phenoxy) is 1. The lowest BCUT2D eigenvalue weighted by molar-refractivity contribution is -0.135. The summed E-state index contributed by atoms with van der Waals surface area (Å²) in [6.07, 6.45) is 5.66. The number of hydrogen-bond acceptors (Lipinski definition) is 3. The number of nitrogens with one attached hydrogen (secondary N) is 1. The first kappa shape index (κ1) is 14.8. The van der Waals surface area contributed by atoms with Crippen molar-refractivity contribution < 1.29 is 9.53 Å². The van der Waals surface area contributed by atoms with Gasteiger partial charge >= 0.3 is 0 Å². The number of amides is 1. The summed E-state index contributed by atoms with van der Waals surface area (Å²) in [5.41, 5.74) is 0. The van der Waals surface area contributed by atoms with Gasteiger partial charge in [-0.3, -0.25) is 4.79 Å². The maximum atomic E-state index is 12.5. The number of piperidine rings is 1. The van der Waals surface area contributed by atoms with Crippen LogP contribution in [-0.4, -0.2) is 50.2 Å². The van der Waals surface area contributed by atoms with E-state index in [0.29, 0.717) is 30.9 Å². The number of carbonyl (C=O) groups is 1. The third-order valence-electron chi connectivity index (χ3n) is 4.51. The Kier molecular flexibility index (Phi) is 5.64. The molecule has 4 nitrogen and oxygen atoms in total. The van der Waals surface area contributed by atoms with Crippen molar-refractivity contribution in [2.24, 2.45) is 11.8 Å². The number of carbonyl (C=O) groups excluding carboxylic acids is 1. The molecule has 19 heavy (non-hydrogen) atoms. The quantitative estimate of drug-likeness (QED) is 0.763. The molecule has 2 aliphatic rings. The monoisotopic (exact) mass is 268 g/mol. The summed E-state index contributed by atoms with van der Waals surface area (Å²) in [4.78, 5) is 14.6. The van der Waals surface area contributed by atoms with Crippen LogP contribution in [0.1, 0.15) is 39.0 Å². The van der Waals surface area contributed by atoms with Gasteiger partial charge in [-0.05, 0) is 57.5 Å². The third kappa shape index (κ3) is 4.46. The van der Waals surface area contributed by atoms with Crippen LogP contribution < -0.4 is 5.32 Å². The standard InChI is InChI=1S/C15H28N2O2/c1-12(14-5-6-14)17(8-9-19-2)15(18)10-13-4-3-7-16-11-13/h12-14,16H,3-11H2,1-2H3. The summed E-state index contributed by atoms with van der Waals surface area (Å²) in [5.74, 6) is 1.58. The summed E-state index contributed by atoms with van der Waals surface area (Å²) >= 11 is 0. The Bertz CT molecular complexity index is 286. The van der Waals surface area contributed by atoms with Crippen LogP contribution in [0.25, 0.3) is 0 Å². The first-order valence-electron chi connectivity index (χ1n) is 7.71. The van der Waals surface area contributed by atoms with E-state index in [1.54, 1.807) is 7.11 Å². The van der Waals surface area contributed by atoms with Crippen LogP contribution in [0.5, 0.6) is 0 Å². The van der Waals surface area contributed by atoms with Gasteiger partial charge < -0.3 is 15.0 Å². The van der Waals surface area contributed by atoms with E-state index < -0.39 is 0 Å². The van der Waals surface area contributed by atoms with E-state index in [1.165, 1.54) is 25.7 Å². The molecule has 0 aromatic rings. The van der Waals surface area contributed by atoms with E-state index in [1.807, 2.05) is 0 Å². The topological polar surface area (TPSA) is 41.6 Å². The second-order valence-corrected chi connectivity index (χ2v) is 6.07. The minimum Gasteiger partial charge on any atom is -0.383 e. The number of hydrogen-bond donors (Lipinski definition) is 1. The molecule has 0 radical (unpaired) electrons. The molecular weight excluding hydrogens is 240 g/mol. The number of nitrogens with zero attached hydrogens (tertiary/aromatic N) is 1. The molecule has 1 aliphatic heterocycles. The predicted molar refractivity (Wildman–Crippen MR) is 76.0 cm³/mol. The lowest BCUT2D eigenvalue weighted by Gasteiger charge is -2.31. The van der Waals surface area contributed by atoms with Crippen molar-refractivity contribution in [1.29, 1.82) is 0 Å². The first-order chi connectivity index (χ1) is 9.22. The van der Waals surface area contributed by atoms with E-state index in [-0.39, 0.29) is 0 Å². The molecule has 2 rings (SSSR count). The largest absolute Gasteiger partial charge is 0.383 e. The van der Waals surface area contributed by atoms with Crippen molar-refractivity contribution in [2.75, 3.05) is 33.4 Å². The molecule has 0 aromatic carbocycles. The second-order valence-electron chi connectivity index (χ2n) is 6.07. The van der Waals surface area contributed by atoms with E-state index >= 15 is 0 Å². The Labute approximate surface area is 116 Å². The van der Waals surface area contributed by atoms with Crippen molar-refractivity contribution in [3.63, 3.8) is 0 Å². The number of rotatable bonds is 7. The van der Waals surface area contributed by atoms with Gasteiger partial charge in [-0.15, -0.1) is 0 Å². The predicted octanol–water partition coefficient (Wildman–Crippen LogP) is 1.65. The Morgan fingerprint density at radius 1 is 1.42 bits per heavy atom. The van der Waals surface area contributed by atoms with Crippen LogP contribution >= 0.6 is 0 Å². The minimum atomic E-state index is 0.324. The van der Waals surface area contributed by atoms with Gasteiger partial charge in [-0.2, -0.15) is 0 Å². The molecule has 1 amide bonds. The van der Waals surface area contributed by atoms with E-state index in [0.717, 1.165) is 25.6 Å². The Morgan fingerprint density at radius 3 is 2.79 bits per heavy atom. The minimum absolute atomic E-state index is 0.324. The zero-order chi connectivity index (χ0) is 13.7. The molecule has 110 valence electrons. The van der Waals surface area contributed by atoms with Crippen molar-refractivity contribution in [3.05, 3.63) is 0 Å². The molecule has 1 saturated heterocycles. The van der Waals surface area contributed by atoms with Crippen LogP contribution in [0.4, 0.5) is 0 Å². The molecule has 1 N–H and O–H groups in total. The van der Waals surface area contributed by atoms with Gasteiger partial charge in [-0.25, -0.2) is 0 Å². The van der Waals surface area contributed by atoms with Crippen LogP contribution in [0.15, 0.2) is 0 Å². The Hall–Kier alpha value is -0.610. The highest BCUT2D eigenvalue weighted by Gasteiger charge is 2.34. The molecule has 0 bridgehead atoms. The van der Waals surface area contributed by atoms with Crippen molar-refractivity contribution in [3.8, 4) is 0 Å². The molecule has 1 saturated carbocycles. The maximum absolute atomic E-state index is 12.5. The first-order valence-corrected chi connectivity index (χ1v) is 7.71. The maximum Gasteiger partial charge on any atom is 0.223 e. The highest BCUT2D eigenvalue weighted by atomic mass is 16.5. The van der Waals surface area contributed by atoms with Gasteiger partial charge in [0.1, 0.15) is 0 Å². The lowest BCUT2D eigenvalue weighted by Crippen LogP contribution is -2.43. The molecular formula is C15H28N2O2. The Balaban J connectivity index is 1.85. The van der Waals surface area contributed by atoms with Crippen LogP contribution in [0.3, 0.4) is 0 Å². The molecule has 0 aromatic heterocycles.